The molecule has 44 heavy (non-hydrogen) atoms. The number of likely N-dealkylation sites (N-methyl/N-ethyl adjacent to an activating group) is 1. The third-order valence-electron chi connectivity index (χ3n) is 8.06. The van der Waals surface area contributed by atoms with Crippen LogP contribution in [0.15, 0.2) is 109 Å². The van der Waals surface area contributed by atoms with Crippen molar-refractivity contribution in [1.29, 1.82) is 0 Å². The molecule has 226 valence electrons. The first-order valence-electron chi connectivity index (χ1n) is 15.1. The van der Waals surface area contributed by atoms with Gasteiger partial charge in [-0.15, -0.1) is 0 Å². The van der Waals surface area contributed by atoms with E-state index < -0.39 is 23.5 Å². The normalized spacial score (nSPS) is 16.0. The molecule has 1 unspecified atom stereocenters. The minimum atomic E-state index is -0.828. The van der Waals surface area contributed by atoms with Crippen LogP contribution in [-0.2, 0) is 16.2 Å². The molecule has 7 nitrogen and oxygen atoms in total. The molecule has 1 atom stereocenters. The number of hydrogen-bond donors (Lipinski definition) is 1. The summed E-state index contributed by atoms with van der Waals surface area (Å²) in [5, 5.41) is 14.1. The molecule has 0 aliphatic carbocycles. The van der Waals surface area contributed by atoms with Crippen molar-refractivity contribution < 1.29 is 29.1 Å². The van der Waals surface area contributed by atoms with Gasteiger partial charge in [-0.05, 0) is 79.4 Å². The monoisotopic (exact) mass is 590 g/mol. The fourth-order valence-electron chi connectivity index (χ4n) is 5.55. The molecule has 1 aliphatic rings. The highest BCUT2D eigenvalue weighted by Crippen LogP contribution is 2.40. The van der Waals surface area contributed by atoms with Gasteiger partial charge in [0.15, 0.2) is 0 Å². The number of Topliss-reactive ketones (excluding diaryl/α,β-unsaturated/α-hetero) is 1. The maximum absolute atomic E-state index is 14.1. The number of hydrogen-bond acceptors (Lipinski definition) is 5. The van der Waals surface area contributed by atoms with Crippen LogP contribution in [-0.4, -0.2) is 42.8 Å². The first-order valence-corrected chi connectivity index (χ1v) is 15.1. The van der Waals surface area contributed by atoms with Gasteiger partial charge in [-0.3, -0.25) is 9.59 Å². The van der Waals surface area contributed by atoms with Gasteiger partial charge in [0.1, 0.15) is 23.9 Å². The van der Waals surface area contributed by atoms with Crippen LogP contribution in [0.4, 0.5) is 0 Å². The zero-order valence-electron chi connectivity index (χ0n) is 25.4. The summed E-state index contributed by atoms with van der Waals surface area (Å²) in [6, 6.07) is 30.8. The minimum absolute atomic E-state index is 0.0428. The van der Waals surface area contributed by atoms with Crippen LogP contribution in [0, 0.1) is 6.92 Å². The molecule has 0 bridgehead atoms. The Kier molecular flexibility index (Phi) is 9.77. The van der Waals surface area contributed by atoms with Crippen molar-refractivity contribution in [3.05, 3.63) is 131 Å². The number of carbonyl (C=O) groups is 2. The third kappa shape index (κ3) is 6.84. The van der Waals surface area contributed by atoms with E-state index in [4.69, 9.17) is 9.47 Å². The number of ether oxygens (including phenoxy) is 2. The molecule has 7 heteroatoms. The molecule has 4 aromatic rings. The average Bonchev–Trinajstić information content (AvgIpc) is 3.30. The molecule has 1 N–H and O–H groups in total. The van der Waals surface area contributed by atoms with E-state index in [-0.39, 0.29) is 5.57 Å². The molecule has 1 saturated heterocycles. The number of nitrogens with zero attached hydrogens (tertiary/aromatic N) is 1. The lowest BCUT2D eigenvalue weighted by atomic mass is 9.94. The molecule has 0 radical (unpaired) electrons. The molecule has 4 aromatic carbocycles. The molecule has 0 aromatic heterocycles. The van der Waals surface area contributed by atoms with Crippen molar-refractivity contribution in [2.24, 2.45) is 0 Å². The molecule has 1 amide bonds. The quantitative estimate of drug-likeness (QED) is 0.149. The van der Waals surface area contributed by atoms with Gasteiger partial charge in [0, 0.05) is 5.57 Å². The number of amides is 1. The van der Waals surface area contributed by atoms with E-state index in [0.29, 0.717) is 48.1 Å². The van der Waals surface area contributed by atoms with E-state index in [2.05, 4.69) is 13.8 Å². The molecule has 0 saturated carbocycles. The lowest BCUT2D eigenvalue weighted by Gasteiger charge is -2.29. The second-order valence-electron chi connectivity index (χ2n) is 10.9. The summed E-state index contributed by atoms with van der Waals surface area (Å²) in [5.41, 5.74) is 2.74. The fraction of sp³-hybridized carbons (Fsp3) is 0.243. The van der Waals surface area contributed by atoms with E-state index in [9.17, 15) is 14.7 Å². The first kappa shape index (κ1) is 30.6. The Bertz CT molecular complexity index is 1630. The Morgan fingerprint density at radius 3 is 2.20 bits per heavy atom. The predicted octanol–water partition coefficient (Wildman–Crippen LogP) is 4.52. The summed E-state index contributed by atoms with van der Waals surface area (Å²) in [7, 11) is 0. The van der Waals surface area contributed by atoms with Crippen LogP contribution < -0.4 is 19.5 Å². The van der Waals surface area contributed by atoms with Crippen LogP contribution >= 0.6 is 0 Å². The Morgan fingerprint density at radius 2 is 1.52 bits per heavy atom. The highest BCUT2D eigenvalue weighted by atomic mass is 16.5. The first-order chi connectivity index (χ1) is 21.4. The number of rotatable bonds is 12. The van der Waals surface area contributed by atoms with E-state index in [1.807, 2.05) is 85.8 Å². The van der Waals surface area contributed by atoms with Gasteiger partial charge >= 0.3 is 0 Å². The van der Waals surface area contributed by atoms with Gasteiger partial charge in [0.05, 0.1) is 32.2 Å². The van der Waals surface area contributed by atoms with E-state index in [1.165, 1.54) is 4.90 Å². The van der Waals surface area contributed by atoms with E-state index in [1.54, 1.807) is 29.2 Å². The molecular formula is C37H38N2O5. The van der Waals surface area contributed by atoms with E-state index >= 15 is 0 Å². The van der Waals surface area contributed by atoms with Crippen LogP contribution in [0.2, 0.25) is 0 Å². The van der Waals surface area contributed by atoms with Crippen molar-refractivity contribution in [3.63, 3.8) is 0 Å². The molecular weight excluding hydrogens is 552 g/mol. The average molecular weight is 591 g/mol. The zero-order chi connectivity index (χ0) is 31.1. The van der Waals surface area contributed by atoms with Gasteiger partial charge in [0.25, 0.3) is 5.91 Å². The SMILES string of the molecule is CC[NH+](CC)CCN1C(=O)C(=O)/C(=C(/[O-])c2ccc(OCc3ccccc3)c(C)c2)C1c1cccc(Oc2ccccc2)c1. The van der Waals surface area contributed by atoms with Gasteiger partial charge in [0.2, 0.25) is 5.78 Å². The summed E-state index contributed by atoms with van der Waals surface area (Å²) in [6.07, 6.45) is 0. The lowest BCUT2D eigenvalue weighted by Crippen LogP contribution is -3.12. The van der Waals surface area contributed by atoms with Crippen molar-refractivity contribution >= 4 is 17.4 Å². The third-order valence-corrected chi connectivity index (χ3v) is 8.06. The number of quaternary nitrogens is 1. The fourth-order valence-corrected chi connectivity index (χ4v) is 5.55. The second kappa shape index (κ2) is 14.1. The maximum atomic E-state index is 14.1. The summed E-state index contributed by atoms with van der Waals surface area (Å²) >= 11 is 0. The van der Waals surface area contributed by atoms with Gasteiger partial charge in [-0.1, -0.05) is 72.5 Å². The van der Waals surface area contributed by atoms with E-state index in [0.717, 1.165) is 24.2 Å². The highest BCUT2D eigenvalue weighted by molar-refractivity contribution is 6.46. The number of carbonyl (C=O) groups excluding carboxylic acids is 2. The summed E-state index contributed by atoms with van der Waals surface area (Å²) in [4.78, 5) is 29.9. The summed E-state index contributed by atoms with van der Waals surface area (Å²) < 4.78 is 12.1. The second-order valence-corrected chi connectivity index (χ2v) is 10.9. The van der Waals surface area contributed by atoms with Gasteiger partial charge in [-0.25, -0.2) is 0 Å². The van der Waals surface area contributed by atoms with Crippen molar-refractivity contribution in [2.45, 2.75) is 33.4 Å². The molecule has 5 rings (SSSR count). The Hall–Kier alpha value is -4.88. The van der Waals surface area contributed by atoms with Crippen LogP contribution in [0.5, 0.6) is 17.2 Å². The van der Waals surface area contributed by atoms with Crippen molar-refractivity contribution in [3.8, 4) is 17.2 Å². The van der Waals surface area contributed by atoms with Crippen LogP contribution in [0.1, 0.15) is 42.1 Å². The predicted molar refractivity (Wildman–Crippen MR) is 168 cm³/mol. The number of ketones is 1. The topological polar surface area (TPSA) is 83.3 Å². The Morgan fingerprint density at radius 1 is 0.841 bits per heavy atom. The molecule has 1 aliphatic heterocycles. The largest absolute Gasteiger partial charge is 0.872 e. The zero-order valence-corrected chi connectivity index (χ0v) is 25.4. The van der Waals surface area contributed by atoms with Gasteiger partial charge < -0.3 is 24.4 Å². The molecule has 1 fully saturated rings. The van der Waals surface area contributed by atoms with Crippen molar-refractivity contribution in [1.82, 2.24) is 4.90 Å². The smallest absolute Gasteiger partial charge is 0.295 e. The minimum Gasteiger partial charge on any atom is -0.872 e. The Labute approximate surface area is 259 Å². The molecule has 0 spiro atoms. The summed E-state index contributed by atoms with van der Waals surface area (Å²) in [5.74, 6) is -0.00813. The van der Waals surface area contributed by atoms with Crippen LogP contribution in [0.25, 0.3) is 5.76 Å². The number of benzene rings is 4. The number of para-hydroxylation sites is 1. The number of aryl methyl sites for hydroxylation is 1. The maximum Gasteiger partial charge on any atom is 0.295 e. The van der Waals surface area contributed by atoms with Gasteiger partial charge in [-0.2, -0.15) is 0 Å². The van der Waals surface area contributed by atoms with Crippen LogP contribution in [0.3, 0.4) is 0 Å². The number of nitrogens with one attached hydrogen (secondary N) is 1. The summed E-state index contributed by atoms with van der Waals surface area (Å²) in [6.45, 7) is 9.24. The van der Waals surface area contributed by atoms with Crippen molar-refractivity contribution in [2.75, 3.05) is 26.2 Å². The highest BCUT2D eigenvalue weighted by Gasteiger charge is 2.44. The number of likely N-dealkylation sites (tertiary alicyclic amines) is 1. The Balaban J connectivity index is 1.50. The standard InChI is InChI=1S/C37H38N2O5/c1-4-38(5-2)21-22-39-34(28-15-12-18-31(24-28)44-30-16-10-7-11-17-30)33(36(41)37(39)42)35(40)29-19-20-32(26(3)23-29)43-25-27-13-8-6-9-14-27/h6-20,23-24,34,40H,4-5,21-22,25H2,1-3H3/b35-33+. The molecule has 1 heterocycles. The lowest BCUT2D eigenvalue weighted by molar-refractivity contribution is -0.895.